The van der Waals surface area contributed by atoms with Crippen LogP contribution in [-0.4, -0.2) is 32.2 Å². The molecule has 0 radical (unpaired) electrons. The highest BCUT2D eigenvalue weighted by molar-refractivity contribution is 5.89. The molecule has 1 aromatic carbocycles. The number of hydrogen-bond donors (Lipinski definition) is 1. The van der Waals surface area contributed by atoms with E-state index in [2.05, 4.69) is 15.1 Å². The molecule has 25 heavy (non-hydrogen) atoms. The number of aromatic nitrogens is 4. The van der Waals surface area contributed by atoms with Crippen LogP contribution in [0.2, 0.25) is 0 Å². The maximum absolute atomic E-state index is 12.3. The van der Waals surface area contributed by atoms with E-state index in [4.69, 9.17) is 4.74 Å². The first-order valence-corrected chi connectivity index (χ1v) is 7.80. The van der Waals surface area contributed by atoms with Crippen LogP contribution in [0.25, 0.3) is 27.7 Å². The number of carbonyl (C=O) groups is 1. The second kappa shape index (κ2) is 5.86. The van der Waals surface area contributed by atoms with E-state index < -0.39 is 5.97 Å². The lowest BCUT2D eigenvalue weighted by atomic mass is 10.1. The topological polar surface area (TPSA) is 89.4 Å². The molecule has 7 nitrogen and oxygen atoms in total. The van der Waals surface area contributed by atoms with Gasteiger partial charge in [-0.15, -0.1) is 0 Å². The van der Waals surface area contributed by atoms with Gasteiger partial charge in [-0.3, -0.25) is 9.78 Å². The standard InChI is InChI=1S/C18H14N4O3/c1-2-25-18(24)14-9-16-17(23)20-15(10-22(16)21-14)12-6-5-11-4-3-7-19-13(11)8-12/h3-10H,2H2,1H3,(H,20,23). The second-order valence-corrected chi connectivity index (χ2v) is 5.49. The van der Waals surface area contributed by atoms with E-state index in [-0.39, 0.29) is 23.4 Å². The highest BCUT2D eigenvalue weighted by Crippen LogP contribution is 2.21. The molecule has 4 aromatic rings. The van der Waals surface area contributed by atoms with Crippen molar-refractivity contribution in [1.82, 2.24) is 19.6 Å². The van der Waals surface area contributed by atoms with Crippen LogP contribution in [0.1, 0.15) is 17.4 Å². The van der Waals surface area contributed by atoms with Crippen LogP contribution >= 0.6 is 0 Å². The summed E-state index contributed by atoms with van der Waals surface area (Å²) < 4.78 is 6.32. The molecule has 7 heteroatoms. The van der Waals surface area contributed by atoms with Crippen LogP contribution in [0.15, 0.2) is 53.6 Å². The molecule has 0 fully saturated rings. The lowest BCUT2D eigenvalue weighted by molar-refractivity contribution is 0.0519. The van der Waals surface area contributed by atoms with Gasteiger partial charge in [-0.25, -0.2) is 9.31 Å². The lowest BCUT2D eigenvalue weighted by Gasteiger charge is -2.04. The number of hydrogen-bond acceptors (Lipinski definition) is 5. The molecule has 3 aromatic heterocycles. The fraction of sp³-hybridized carbons (Fsp3) is 0.111. The number of nitrogens with zero attached hydrogens (tertiary/aromatic N) is 3. The quantitative estimate of drug-likeness (QED) is 0.581. The number of ether oxygens (including phenoxy) is 1. The molecule has 0 bridgehead atoms. The van der Waals surface area contributed by atoms with Gasteiger partial charge in [0.2, 0.25) is 0 Å². The highest BCUT2D eigenvalue weighted by Gasteiger charge is 2.14. The van der Waals surface area contributed by atoms with Crippen molar-refractivity contribution in [3.8, 4) is 11.3 Å². The summed E-state index contributed by atoms with van der Waals surface area (Å²) in [5.41, 5.74) is 2.27. The number of H-pyrrole nitrogens is 1. The summed E-state index contributed by atoms with van der Waals surface area (Å²) in [5.74, 6) is -0.554. The third-order valence-electron chi connectivity index (χ3n) is 3.87. The van der Waals surface area contributed by atoms with Crippen molar-refractivity contribution < 1.29 is 9.53 Å². The summed E-state index contributed by atoms with van der Waals surface area (Å²) in [7, 11) is 0. The molecule has 0 aliphatic heterocycles. The highest BCUT2D eigenvalue weighted by atomic mass is 16.5. The Morgan fingerprint density at radius 1 is 1.28 bits per heavy atom. The summed E-state index contributed by atoms with van der Waals surface area (Å²) in [6.45, 7) is 1.96. The first kappa shape index (κ1) is 15.1. The lowest BCUT2D eigenvalue weighted by Crippen LogP contribution is -2.10. The number of esters is 1. The van der Waals surface area contributed by atoms with Crippen molar-refractivity contribution in [2.45, 2.75) is 6.92 Å². The Kier molecular flexibility index (Phi) is 3.53. The Morgan fingerprint density at radius 3 is 3.00 bits per heavy atom. The summed E-state index contributed by atoms with van der Waals surface area (Å²) in [6.07, 6.45) is 3.39. The number of benzene rings is 1. The van der Waals surface area contributed by atoms with E-state index in [0.29, 0.717) is 5.69 Å². The van der Waals surface area contributed by atoms with Crippen molar-refractivity contribution >= 4 is 22.4 Å². The van der Waals surface area contributed by atoms with E-state index >= 15 is 0 Å². The van der Waals surface area contributed by atoms with E-state index in [1.54, 1.807) is 19.3 Å². The normalized spacial score (nSPS) is 11.1. The molecule has 0 atom stereocenters. The SMILES string of the molecule is CCOC(=O)c1cc2c(=O)[nH]c(-c3ccc4cccnc4c3)cn2n1. The monoisotopic (exact) mass is 334 g/mol. The van der Waals surface area contributed by atoms with Gasteiger partial charge in [-0.2, -0.15) is 5.10 Å². The predicted octanol–water partition coefficient (Wildman–Crippen LogP) is 2.41. The smallest absolute Gasteiger partial charge is 0.358 e. The van der Waals surface area contributed by atoms with Crippen molar-refractivity contribution in [3.63, 3.8) is 0 Å². The fourth-order valence-corrected chi connectivity index (χ4v) is 2.69. The van der Waals surface area contributed by atoms with Gasteiger partial charge >= 0.3 is 5.97 Å². The van der Waals surface area contributed by atoms with Crippen LogP contribution < -0.4 is 5.56 Å². The van der Waals surface area contributed by atoms with Gasteiger partial charge in [-0.05, 0) is 19.1 Å². The fourth-order valence-electron chi connectivity index (χ4n) is 2.69. The van der Waals surface area contributed by atoms with E-state index in [9.17, 15) is 9.59 Å². The Balaban J connectivity index is 1.84. The summed E-state index contributed by atoms with van der Waals surface area (Å²) in [5, 5.41) is 5.16. The molecular weight excluding hydrogens is 320 g/mol. The van der Waals surface area contributed by atoms with Gasteiger partial charge in [0.1, 0.15) is 5.52 Å². The maximum atomic E-state index is 12.3. The van der Waals surface area contributed by atoms with E-state index in [1.165, 1.54) is 10.6 Å². The first-order chi connectivity index (χ1) is 12.2. The van der Waals surface area contributed by atoms with Crippen molar-refractivity contribution in [2.24, 2.45) is 0 Å². The predicted molar refractivity (Wildman–Crippen MR) is 92.5 cm³/mol. The number of aromatic amines is 1. The maximum Gasteiger partial charge on any atom is 0.358 e. The van der Waals surface area contributed by atoms with Gasteiger partial charge in [0.15, 0.2) is 5.69 Å². The van der Waals surface area contributed by atoms with Crippen LogP contribution in [0.5, 0.6) is 0 Å². The molecule has 0 unspecified atom stereocenters. The van der Waals surface area contributed by atoms with Crippen molar-refractivity contribution in [1.29, 1.82) is 0 Å². The Morgan fingerprint density at radius 2 is 2.16 bits per heavy atom. The largest absolute Gasteiger partial charge is 0.461 e. The zero-order valence-electron chi connectivity index (χ0n) is 13.4. The Labute approximate surface area is 141 Å². The van der Waals surface area contributed by atoms with Gasteiger partial charge in [0.25, 0.3) is 5.56 Å². The number of nitrogens with one attached hydrogen (secondary N) is 1. The van der Waals surface area contributed by atoms with Crippen LogP contribution in [0.3, 0.4) is 0 Å². The first-order valence-electron chi connectivity index (χ1n) is 7.80. The summed E-state index contributed by atoms with van der Waals surface area (Å²) in [4.78, 5) is 31.3. The molecule has 1 N–H and O–H groups in total. The molecule has 0 saturated carbocycles. The third kappa shape index (κ3) is 2.65. The van der Waals surface area contributed by atoms with Crippen LogP contribution in [0.4, 0.5) is 0 Å². The Bertz CT molecular complexity index is 1160. The zero-order valence-corrected chi connectivity index (χ0v) is 13.4. The minimum Gasteiger partial charge on any atom is -0.461 e. The van der Waals surface area contributed by atoms with Crippen LogP contribution in [-0.2, 0) is 4.74 Å². The molecule has 0 spiro atoms. The average molecular weight is 334 g/mol. The molecular formula is C18H14N4O3. The van der Waals surface area contributed by atoms with Gasteiger partial charge in [0.05, 0.1) is 24.0 Å². The molecule has 0 aliphatic rings. The molecule has 4 rings (SSSR count). The number of pyridine rings is 1. The molecule has 3 heterocycles. The minimum absolute atomic E-state index is 0.102. The van der Waals surface area contributed by atoms with Gasteiger partial charge in [-0.1, -0.05) is 18.2 Å². The van der Waals surface area contributed by atoms with E-state index in [1.807, 2.05) is 30.3 Å². The minimum atomic E-state index is -0.554. The second-order valence-electron chi connectivity index (χ2n) is 5.49. The van der Waals surface area contributed by atoms with Gasteiger partial charge < -0.3 is 9.72 Å². The van der Waals surface area contributed by atoms with Gasteiger partial charge in [0, 0.05) is 23.2 Å². The third-order valence-corrected chi connectivity index (χ3v) is 3.87. The zero-order chi connectivity index (χ0) is 17.4. The number of carbonyl (C=O) groups excluding carboxylic acids is 1. The van der Waals surface area contributed by atoms with Crippen molar-refractivity contribution in [2.75, 3.05) is 6.61 Å². The van der Waals surface area contributed by atoms with E-state index in [0.717, 1.165) is 16.5 Å². The van der Waals surface area contributed by atoms with Crippen molar-refractivity contribution in [3.05, 3.63) is 64.8 Å². The average Bonchev–Trinajstić information content (AvgIpc) is 3.06. The molecule has 0 aliphatic carbocycles. The molecule has 0 saturated heterocycles. The molecule has 124 valence electrons. The summed E-state index contributed by atoms with van der Waals surface area (Å²) >= 11 is 0. The Hall–Kier alpha value is -3.48. The number of fused-ring (bicyclic) bond motifs is 2. The number of rotatable bonds is 3. The summed E-state index contributed by atoms with van der Waals surface area (Å²) in [6, 6.07) is 11.0. The molecule has 0 amide bonds. The van der Waals surface area contributed by atoms with Crippen LogP contribution in [0, 0.1) is 0 Å².